The van der Waals surface area contributed by atoms with Crippen molar-refractivity contribution in [3.05, 3.63) is 42.7 Å². The molecule has 0 aliphatic carbocycles. The average Bonchev–Trinajstić information content (AvgIpc) is 2.95. The number of benzene rings is 1. The fourth-order valence-corrected chi connectivity index (χ4v) is 2.64. The Hall–Kier alpha value is -2.56. The predicted octanol–water partition coefficient (Wildman–Crippen LogP) is 3.88. The number of carbonyl (C=O) groups excluding carboxylic acids is 1. The first-order valence-corrected chi connectivity index (χ1v) is 7.82. The van der Waals surface area contributed by atoms with E-state index >= 15 is 0 Å². The van der Waals surface area contributed by atoms with Crippen LogP contribution in [0.25, 0.3) is 22.2 Å². The van der Waals surface area contributed by atoms with Gasteiger partial charge in [0.1, 0.15) is 12.7 Å². The topological polar surface area (TPSA) is 60.7 Å². The van der Waals surface area contributed by atoms with E-state index in [0.717, 1.165) is 34.1 Å². The summed E-state index contributed by atoms with van der Waals surface area (Å²) in [4.78, 5) is 25.0. The number of aromatic nitrogens is 4. The Morgan fingerprint density at radius 2 is 1.96 bits per heavy atom. The monoisotopic (exact) mass is 308 g/mol. The predicted molar refractivity (Wildman–Crippen MR) is 90.2 cm³/mol. The average molecular weight is 308 g/mol. The number of aryl methyl sites for hydroxylation is 1. The van der Waals surface area contributed by atoms with E-state index in [2.05, 4.69) is 28.8 Å². The molecule has 0 amide bonds. The van der Waals surface area contributed by atoms with Crippen LogP contribution in [-0.4, -0.2) is 25.4 Å². The molecule has 0 unspecified atom stereocenters. The van der Waals surface area contributed by atoms with Crippen molar-refractivity contribution in [3.8, 4) is 11.1 Å². The molecule has 3 rings (SSSR count). The lowest BCUT2D eigenvalue weighted by Gasteiger charge is -2.08. The van der Waals surface area contributed by atoms with Crippen LogP contribution in [0.15, 0.2) is 37.2 Å². The second-order valence-corrected chi connectivity index (χ2v) is 6.22. The molecule has 5 heteroatoms. The van der Waals surface area contributed by atoms with Gasteiger partial charge in [-0.1, -0.05) is 13.8 Å². The normalized spacial score (nSPS) is 11.3. The van der Waals surface area contributed by atoms with E-state index in [9.17, 15) is 4.79 Å². The largest absolute Gasteiger partial charge is 0.274 e. The quantitative estimate of drug-likeness (QED) is 0.734. The van der Waals surface area contributed by atoms with Crippen LogP contribution in [0.3, 0.4) is 0 Å². The van der Waals surface area contributed by atoms with E-state index in [-0.39, 0.29) is 5.91 Å². The standard InChI is InChI=1S/C18H20N4O/c1-12(2)4-5-18(23)22-11-21-16-6-13(3)15(7-17(16)22)14-8-19-10-20-9-14/h6-12H,4-5H2,1-3H3. The third-order valence-electron chi connectivity index (χ3n) is 3.97. The Balaban J connectivity index is 2.04. The Morgan fingerprint density at radius 3 is 2.65 bits per heavy atom. The summed E-state index contributed by atoms with van der Waals surface area (Å²) in [6, 6.07) is 4.01. The van der Waals surface area contributed by atoms with Gasteiger partial charge in [0.15, 0.2) is 0 Å². The highest BCUT2D eigenvalue weighted by Gasteiger charge is 2.13. The molecule has 0 saturated heterocycles. The van der Waals surface area contributed by atoms with Gasteiger partial charge in [0.05, 0.1) is 11.0 Å². The molecule has 0 saturated carbocycles. The summed E-state index contributed by atoms with van der Waals surface area (Å²) in [7, 11) is 0. The van der Waals surface area contributed by atoms with Crippen molar-refractivity contribution in [1.82, 2.24) is 19.5 Å². The van der Waals surface area contributed by atoms with Gasteiger partial charge >= 0.3 is 0 Å². The van der Waals surface area contributed by atoms with Crippen molar-refractivity contribution >= 4 is 16.9 Å². The highest BCUT2D eigenvalue weighted by molar-refractivity contribution is 5.93. The number of carbonyl (C=O) groups is 1. The maximum atomic E-state index is 12.5. The molecule has 0 atom stereocenters. The van der Waals surface area contributed by atoms with Crippen LogP contribution in [0.5, 0.6) is 0 Å². The van der Waals surface area contributed by atoms with Gasteiger partial charge in [0.25, 0.3) is 0 Å². The number of imidazole rings is 1. The Kier molecular flexibility index (Phi) is 4.19. The first-order chi connectivity index (χ1) is 11.1. The van der Waals surface area contributed by atoms with E-state index in [0.29, 0.717) is 12.3 Å². The van der Waals surface area contributed by atoms with Crippen LogP contribution in [0.2, 0.25) is 0 Å². The molecule has 0 spiro atoms. The van der Waals surface area contributed by atoms with Crippen molar-refractivity contribution in [2.75, 3.05) is 0 Å². The van der Waals surface area contributed by atoms with Crippen LogP contribution < -0.4 is 0 Å². The Bertz CT molecular complexity index is 837. The molecule has 3 aromatic rings. The van der Waals surface area contributed by atoms with E-state index < -0.39 is 0 Å². The summed E-state index contributed by atoms with van der Waals surface area (Å²) in [5.74, 6) is 0.591. The van der Waals surface area contributed by atoms with Gasteiger partial charge < -0.3 is 0 Å². The Labute approximate surface area is 135 Å². The summed E-state index contributed by atoms with van der Waals surface area (Å²) in [6.07, 6.45) is 8.10. The van der Waals surface area contributed by atoms with Gasteiger partial charge in [-0.15, -0.1) is 0 Å². The van der Waals surface area contributed by atoms with Crippen LogP contribution in [0.4, 0.5) is 0 Å². The lowest BCUT2D eigenvalue weighted by atomic mass is 10.0. The molecule has 0 fully saturated rings. The number of hydrogen-bond acceptors (Lipinski definition) is 4. The molecule has 2 heterocycles. The first-order valence-electron chi connectivity index (χ1n) is 7.82. The molecule has 0 bridgehead atoms. The zero-order chi connectivity index (χ0) is 16.4. The number of fused-ring (bicyclic) bond motifs is 1. The lowest BCUT2D eigenvalue weighted by Crippen LogP contribution is -2.10. The second-order valence-electron chi connectivity index (χ2n) is 6.22. The molecule has 0 radical (unpaired) electrons. The molecule has 2 aromatic heterocycles. The maximum absolute atomic E-state index is 12.5. The highest BCUT2D eigenvalue weighted by Crippen LogP contribution is 2.27. The van der Waals surface area contributed by atoms with Crippen molar-refractivity contribution in [2.45, 2.75) is 33.6 Å². The van der Waals surface area contributed by atoms with Gasteiger partial charge in [-0.25, -0.2) is 15.0 Å². The summed E-state index contributed by atoms with van der Waals surface area (Å²) < 4.78 is 1.66. The van der Waals surface area contributed by atoms with Crippen molar-refractivity contribution in [2.24, 2.45) is 5.92 Å². The smallest absolute Gasteiger partial charge is 0.232 e. The van der Waals surface area contributed by atoms with Crippen molar-refractivity contribution in [1.29, 1.82) is 0 Å². The van der Waals surface area contributed by atoms with Crippen molar-refractivity contribution < 1.29 is 4.79 Å². The second kappa shape index (κ2) is 6.28. The minimum atomic E-state index is 0.0836. The first kappa shape index (κ1) is 15.3. The molecular weight excluding hydrogens is 288 g/mol. The fraction of sp³-hybridized carbons (Fsp3) is 0.333. The van der Waals surface area contributed by atoms with Gasteiger partial charge in [-0.05, 0) is 42.5 Å². The van der Waals surface area contributed by atoms with Crippen LogP contribution in [-0.2, 0) is 0 Å². The van der Waals surface area contributed by atoms with Crippen LogP contribution >= 0.6 is 0 Å². The molecule has 0 aliphatic heterocycles. The molecule has 5 nitrogen and oxygen atoms in total. The summed E-state index contributed by atoms with van der Waals surface area (Å²) in [6.45, 7) is 6.27. The number of hydrogen-bond donors (Lipinski definition) is 0. The molecule has 0 N–H and O–H groups in total. The van der Waals surface area contributed by atoms with Crippen LogP contribution in [0.1, 0.15) is 37.0 Å². The van der Waals surface area contributed by atoms with Crippen LogP contribution in [0, 0.1) is 12.8 Å². The molecule has 1 aromatic carbocycles. The summed E-state index contributed by atoms with van der Waals surface area (Å²) in [5.41, 5.74) is 4.72. The SMILES string of the molecule is Cc1cc2ncn(C(=O)CCC(C)C)c2cc1-c1cncnc1. The highest BCUT2D eigenvalue weighted by atomic mass is 16.2. The fourth-order valence-electron chi connectivity index (χ4n) is 2.64. The van der Waals surface area contributed by atoms with Gasteiger partial charge in [0.2, 0.25) is 5.91 Å². The Morgan fingerprint density at radius 1 is 1.22 bits per heavy atom. The zero-order valence-corrected chi connectivity index (χ0v) is 13.7. The van der Waals surface area contributed by atoms with Gasteiger partial charge in [-0.3, -0.25) is 9.36 Å². The third kappa shape index (κ3) is 3.13. The summed E-state index contributed by atoms with van der Waals surface area (Å²) >= 11 is 0. The summed E-state index contributed by atoms with van der Waals surface area (Å²) in [5, 5.41) is 0. The maximum Gasteiger partial charge on any atom is 0.232 e. The third-order valence-corrected chi connectivity index (χ3v) is 3.97. The van der Waals surface area contributed by atoms with E-state index in [4.69, 9.17) is 0 Å². The molecular formula is C18H20N4O. The van der Waals surface area contributed by atoms with Gasteiger partial charge in [0, 0.05) is 24.4 Å². The van der Waals surface area contributed by atoms with Gasteiger partial charge in [-0.2, -0.15) is 0 Å². The molecule has 23 heavy (non-hydrogen) atoms. The number of rotatable bonds is 4. The van der Waals surface area contributed by atoms with E-state index in [1.807, 2.05) is 19.1 Å². The zero-order valence-electron chi connectivity index (χ0n) is 13.7. The molecule has 0 aliphatic rings. The molecule has 118 valence electrons. The minimum absolute atomic E-state index is 0.0836. The minimum Gasteiger partial charge on any atom is -0.274 e. The number of nitrogens with zero attached hydrogens (tertiary/aromatic N) is 4. The van der Waals surface area contributed by atoms with Crippen molar-refractivity contribution in [3.63, 3.8) is 0 Å². The van der Waals surface area contributed by atoms with E-state index in [1.165, 1.54) is 6.33 Å². The lowest BCUT2D eigenvalue weighted by molar-refractivity contribution is 0.0900. The van der Waals surface area contributed by atoms with E-state index in [1.54, 1.807) is 23.3 Å².